The predicted molar refractivity (Wildman–Crippen MR) is 134 cm³/mol. The zero-order valence-corrected chi connectivity index (χ0v) is 23.6. The molecule has 3 nitrogen and oxygen atoms in total. The Kier molecular flexibility index (Phi) is 8.35. The molecule has 0 aliphatic carbocycles. The summed E-state index contributed by atoms with van der Waals surface area (Å²) in [5, 5.41) is 4.32. The van der Waals surface area contributed by atoms with Crippen molar-refractivity contribution in [1.29, 1.82) is 0 Å². The highest BCUT2D eigenvalue weighted by molar-refractivity contribution is 8.17. The minimum absolute atomic E-state index is 0.241. The van der Waals surface area contributed by atoms with Crippen molar-refractivity contribution < 1.29 is 8.85 Å². The van der Waals surface area contributed by atoms with E-state index >= 15 is 0 Å². The van der Waals surface area contributed by atoms with E-state index in [-0.39, 0.29) is 16.2 Å². The summed E-state index contributed by atoms with van der Waals surface area (Å²) in [5.41, 5.74) is 0. The first kappa shape index (κ1) is 25.3. The van der Waals surface area contributed by atoms with E-state index in [1.165, 1.54) is 17.9 Å². The van der Waals surface area contributed by atoms with Gasteiger partial charge in [-0.15, -0.1) is 23.5 Å². The summed E-state index contributed by atoms with van der Waals surface area (Å²) in [4.78, 5) is 0. The molecule has 0 aromatic rings. The van der Waals surface area contributed by atoms with Crippen LogP contribution in [0.2, 0.25) is 36.3 Å². The van der Waals surface area contributed by atoms with Gasteiger partial charge in [0.1, 0.15) is 0 Å². The molecule has 0 aromatic carbocycles. The van der Waals surface area contributed by atoms with Crippen molar-refractivity contribution >= 4 is 40.2 Å². The molecular formula is C21H45NO2S2Si2. The number of rotatable bonds is 6. The average Bonchev–Trinajstić information content (AvgIpc) is 2.99. The van der Waals surface area contributed by atoms with E-state index in [0.717, 1.165) is 13.0 Å². The fourth-order valence-corrected chi connectivity index (χ4v) is 9.21. The van der Waals surface area contributed by atoms with Crippen LogP contribution in [0, 0.1) is 0 Å². The third-order valence-electron chi connectivity index (χ3n) is 7.15. The summed E-state index contributed by atoms with van der Waals surface area (Å²) in [6, 6.07) is 0.409. The summed E-state index contributed by atoms with van der Waals surface area (Å²) >= 11 is 4.23. The maximum Gasteiger partial charge on any atom is 0.192 e. The Morgan fingerprint density at radius 3 is 1.93 bits per heavy atom. The maximum atomic E-state index is 7.06. The van der Waals surface area contributed by atoms with Crippen LogP contribution in [0.3, 0.4) is 0 Å². The topological polar surface area (TPSA) is 30.5 Å². The van der Waals surface area contributed by atoms with Crippen LogP contribution in [-0.4, -0.2) is 57.5 Å². The van der Waals surface area contributed by atoms with Crippen molar-refractivity contribution in [3.8, 4) is 0 Å². The number of hydrogen-bond acceptors (Lipinski definition) is 5. The van der Waals surface area contributed by atoms with E-state index in [1.54, 1.807) is 0 Å². The minimum atomic E-state index is -1.82. The standard InChI is InChI=1S/C21H45NO2S2Si2/c1-20(2,3)27(7,8)23-16-14-17(22-15-16)18(19-25-12-11-13-26-19)24-28(9,10)21(4,5)6/h16-19,22H,11-15H2,1-10H3/t16-,17+,18-/m1/s1. The molecule has 0 amide bonds. The highest BCUT2D eigenvalue weighted by Crippen LogP contribution is 2.44. The molecule has 2 rings (SSSR count). The molecule has 2 fully saturated rings. The van der Waals surface area contributed by atoms with Crippen LogP contribution in [-0.2, 0) is 8.85 Å². The van der Waals surface area contributed by atoms with E-state index in [2.05, 4.69) is 96.6 Å². The lowest BCUT2D eigenvalue weighted by Crippen LogP contribution is -2.52. The van der Waals surface area contributed by atoms with Gasteiger partial charge in [0.25, 0.3) is 0 Å². The van der Waals surface area contributed by atoms with Crippen LogP contribution in [0.25, 0.3) is 0 Å². The highest BCUT2D eigenvalue weighted by atomic mass is 32.2. The van der Waals surface area contributed by atoms with Crippen molar-refractivity contribution in [2.45, 2.75) is 113 Å². The summed E-state index contributed by atoms with van der Waals surface area (Å²) in [5.74, 6) is 2.54. The van der Waals surface area contributed by atoms with Gasteiger partial charge in [0, 0.05) is 12.6 Å². The summed E-state index contributed by atoms with van der Waals surface area (Å²) < 4.78 is 14.4. The van der Waals surface area contributed by atoms with Gasteiger partial charge in [-0.05, 0) is 60.6 Å². The quantitative estimate of drug-likeness (QED) is 0.465. The van der Waals surface area contributed by atoms with Crippen LogP contribution >= 0.6 is 23.5 Å². The normalized spacial score (nSPS) is 27.2. The second-order valence-electron chi connectivity index (χ2n) is 11.6. The second kappa shape index (κ2) is 9.25. The fraction of sp³-hybridized carbons (Fsp3) is 1.00. The van der Waals surface area contributed by atoms with Gasteiger partial charge in [-0.1, -0.05) is 41.5 Å². The smallest absolute Gasteiger partial charge is 0.192 e. The Balaban J connectivity index is 2.11. The van der Waals surface area contributed by atoms with Gasteiger partial charge in [0.2, 0.25) is 0 Å². The zero-order chi connectivity index (χ0) is 21.4. The first-order chi connectivity index (χ1) is 12.6. The number of hydrogen-bond donors (Lipinski definition) is 1. The average molecular weight is 464 g/mol. The largest absolute Gasteiger partial charge is 0.413 e. The van der Waals surface area contributed by atoms with Gasteiger partial charge in [0.05, 0.1) is 16.8 Å². The van der Waals surface area contributed by atoms with Crippen molar-refractivity contribution in [2.24, 2.45) is 0 Å². The first-order valence-corrected chi connectivity index (χ1v) is 18.9. The molecule has 2 heterocycles. The molecule has 0 bridgehead atoms. The van der Waals surface area contributed by atoms with Crippen LogP contribution < -0.4 is 5.32 Å². The lowest BCUT2D eigenvalue weighted by atomic mass is 10.1. The Hall–Kier alpha value is 1.01. The molecule has 3 atom stereocenters. The van der Waals surface area contributed by atoms with Crippen molar-refractivity contribution in [1.82, 2.24) is 5.32 Å². The lowest BCUT2D eigenvalue weighted by molar-refractivity contribution is 0.145. The summed E-state index contributed by atoms with van der Waals surface area (Å²) in [6.07, 6.45) is 3.02. The van der Waals surface area contributed by atoms with Gasteiger partial charge in [-0.25, -0.2) is 0 Å². The maximum absolute atomic E-state index is 7.06. The monoisotopic (exact) mass is 463 g/mol. The van der Waals surface area contributed by atoms with E-state index in [1.807, 2.05) is 0 Å². The third-order valence-corrected chi connectivity index (χ3v) is 19.2. The van der Waals surface area contributed by atoms with Crippen molar-refractivity contribution in [3.63, 3.8) is 0 Å². The minimum Gasteiger partial charge on any atom is -0.413 e. The molecule has 28 heavy (non-hydrogen) atoms. The second-order valence-corrected chi connectivity index (χ2v) is 23.9. The molecule has 0 unspecified atom stereocenters. The number of thioether (sulfide) groups is 2. The summed E-state index contributed by atoms with van der Waals surface area (Å²) in [6.45, 7) is 24.6. The Bertz CT molecular complexity index is 512. The molecule has 2 aliphatic heterocycles. The lowest BCUT2D eigenvalue weighted by Gasteiger charge is -2.44. The Morgan fingerprint density at radius 2 is 1.43 bits per heavy atom. The van der Waals surface area contributed by atoms with Crippen LogP contribution in [0.15, 0.2) is 0 Å². The van der Waals surface area contributed by atoms with Crippen LogP contribution in [0.1, 0.15) is 54.4 Å². The van der Waals surface area contributed by atoms with E-state index in [9.17, 15) is 0 Å². The zero-order valence-electron chi connectivity index (χ0n) is 20.0. The van der Waals surface area contributed by atoms with Gasteiger partial charge in [-0.2, -0.15) is 0 Å². The van der Waals surface area contributed by atoms with Crippen LogP contribution in [0.5, 0.6) is 0 Å². The van der Waals surface area contributed by atoms with Gasteiger partial charge in [0.15, 0.2) is 16.6 Å². The van der Waals surface area contributed by atoms with Crippen LogP contribution in [0.4, 0.5) is 0 Å². The third kappa shape index (κ3) is 6.27. The SMILES string of the molecule is CC(C)(C)[Si](C)(C)O[C@H]1CN[C@H]([C@@H](O[Si](C)(C)C(C)(C)C)C2SCCCS2)C1. The Morgan fingerprint density at radius 1 is 0.893 bits per heavy atom. The molecule has 166 valence electrons. The van der Waals surface area contributed by atoms with Gasteiger partial charge in [-0.3, -0.25) is 0 Å². The van der Waals surface area contributed by atoms with Gasteiger partial charge < -0.3 is 14.2 Å². The molecule has 0 spiro atoms. The predicted octanol–water partition coefficient (Wildman–Crippen LogP) is 6.33. The molecule has 0 aromatic heterocycles. The molecule has 0 radical (unpaired) electrons. The molecule has 2 aliphatic rings. The molecule has 7 heteroatoms. The van der Waals surface area contributed by atoms with Crippen molar-refractivity contribution in [2.75, 3.05) is 18.1 Å². The van der Waals surface area contributed by atoms with E-state index in [4.69, 9.17) is 8.85 Å². The van der Waals surface area contributed by atoms with E-state index in [0.29, 0.717) is 16.7 Å². The number of nitrogens with one attached hydrogen (secondary N) is 1. The fourth-order valence-electron chi connectivity index (χ4n) is 3.21. The molecule has 2 saturated heterocycles. The molecular weight excluding hydrogens is 419 g/mol. The van der Waals surface area contributed by atoms with Crippen molar-refractivity contribution in [3.05, 3.63) is 0 Å². The van der Waals surface area contributed by atoms with E-state index < -0.39 is 16.6 Å². The Labute approximate surface area is 185 Å². The molecule has 1 N–H and O–H groups in total. The summed E-state index contributed by atoms with van der Waals surface area (Å²) in [7, 11) is -3.55. The first-order valence-electron chi connectivity index (χ1n) is 11.0. The van der Waals surface area contributed by atoms with Gasteiger partial charge >= 0.3 is 0 Å². The highest BCUT2D eigenvalue weighted by Gasteiger charge is 2.47. The molecule has 0 saturated carbocycles.